The molecule has 1 aromatic heterocycles. The number of fused-ring (bicyclic) bond motifs is 1. The summed E-state index contributed by atoms with van der Waals surface area (Å²) in [5.74, 6) is 0.363. The predicted octanol–water partition coefficient (Wildman–Crippen LogP) is 4.67. The van der Waals surface area contributed by atoms with Gasteiger partial charge >= 0.3 is 0 Å². The summed E-state index contributed by atoms with van der Waals surface area (Å²) < 4.78 is 0. The maximum Gasteiger partial charge on any atom is 0.139 e. The fraction of sp³-hybridized carbons (Fsp3) is 0.200. The number of carbonyl (C=O) groups is 1. The van der Waals surface area contributed by atoms with Gasteiger partial charge in [0, 0.05) is 29.5 Å². The molecule has 3 aromatic rings. The molecule has 0 bridgehead atoms. The largest absolute Gasteiger partial charge is 0.299 e. The Morgan fingerprint density at radius 3 is 2.45 bits per heavy atom. The number of rotatable bonds is 4. The number of aromatic nitrogens is 1. The first-order valence-corrected chi connectivity index (χ1v) is 7.61. The lowest BCUT2D eigenvalue weighted by Crippen LogP contribution is -2.09. The standard InChI is InChI=1S/C20H19NO/c1-14(2)19(22)13-15-8-10-16(11-9-15)18-7-3-5-17-6-4-12-21-20(17)18/h3-12,14H,13H2,1-2H3. The van der Waals surface area contributed by atoms with Crippen LogP contribution < -0.4 is 0 Å². The van der Waals surface area contributed by atoms with Crippen molar-refractivity contribution < 1.29 is 4.79 Å². The number of para-hydroxylation sites is 1. The van der Waals surface area contributed by atoms with E-state index in [9.17, 15) is 4.79 Å². The van der Waals surface area contributed by atoms with Crippen molar-refractivity contribution in [3.05, 3.63) is 66.4 Å². The number of hydrogen-bond acceptors (Lipinski definition) is 2. The van der Waals surface area contributed by atoms with E-state index in [0.29, 0.717) is 6.42 Å². The van der Waals surface area contributed by atoms with Crippen molar-refractivity contribution in [2.24, 2.45) is 5.92 Å². The summed E-state index contributed by atoms with van der Waals surface area (Å²) in [6.07, 6.45) is 2.33. The number of ketones is 1. The zero-order valence-corrected chi connectivity index (χ0v) is 12.9. The van der Waals surface area contributed by atoms with Crippen LogP contribution in [0.3, 0.4) is 0 Å². The molecule has 0 spiro atoms. The van der Waals surface area contributed by atoms with Gasteiger partial charge in [-0.05, 0) is 17.2 Å². The molecule has 0 aliphatic heterocycles. The lowest BCUT2D eigenvalue weighted by Gasteiger charge is -2.08. The van der Waals surface area contributed by atoms with Gasteiger partial charge in [0.2, 0.25) is 0 Å². The van der Waals surface area contributed by atoms with Gasteiger partial charge in [-0.2, -0.15) is 0 Å². The van der Waals surface area contributed by atoms with Gasteiger partial charge in [-0.3, -0.25) is 9.78 Å². The minimum absolute atomic E-state index is 0.0851. The topological polar surface area (TPSA) is 30.0 Å². The Bertz CT molecular complexity index is 798. The molecule has 2 nitrogen and oxygen atoms in total. The predicted molar refractivity (Wildman–Crippen MR) is 90.7 cm³/mol. The van der Waals surface area contributed by atoms with Crippen molar-refractivity contribution in [3.63, 3.8) is 0 Å². The van der Waals surface area contributed by atoms with Crippen molar-refractivity contribution in [2.45, 2.75) is 20.3 Å². The molecule has 0 aliphatic rings. The second kappa shape index (κ2) is 6.10. The van der Waals surface area contributed by atoms with E-state index in [2.05, 4.69) is 41.4 Å². The summed E-state index contributed by atoms with van der Waals surface area (Å²) in [6.45, 7) is 3.89. The number of carbonyl (C=O) groups excluding carboxylic acids is 1. The molecular weight excluding hydrogens is 270 g/mol. The molecule has 0 amide bonds. The Labute approximate surface area is 130 Å². The molecule has 1 heterocycles. The minimum Gasteiger partial charge on any atom is -0.299 e. The quantitative estimate of drug-likeness (QED) is 0.698. The maximum atomic E-state index is 11.8. The van der Waals surface area contributed by atoms with Crippen LogP contribution in [0, 0.1) is 5.92 Å². The second-order valence-electron chi connectivity index (χ2n) is 5.88. The molecule has 0 fully saturated rings. The van der Waals surface area contributed by atoms with Crippen molar-refractivity contribution >= 4 is 16.7 Å². The fourth-order valence-corrected chi connectivity index (χ4v) is 2.54. The normalized spacial score (nSPS) is 11.0. The van der Waals surface area contributed by atoms with Crippen molar-refractivity contribution in [1.82, 2.24) is 4.98 Å². The summed E-state index contributed by atoms with van der Waals surface area (Å²) in [6, 6.07) is 18.5. The monoisotopic (exact) mass is 289 g/mol. The van der Waals surface area contributed by atoms with Crippen molar-refractivity contribution in [2.75, 3.05) is 0 Å². The lowest BCUT2D eigenvalue weighted by molar-refractivity contribution is -0.121. The molecule has 0 unspecified atom stereocenters. The zero-order chi connectivity index (χ0) is 15.5. The Balaban J connectivity index is 1.94. The number of pyridine rings is 1. The fourth-order valence-electron chi connectivity index (χ4n) is 2.54. The van der Waals surface area contributed by atoms with E-state index in [0.717, 1.165) is 27.6 Å². The number of benzene rings is 2. The van der Waals surface area contributed by atoms with E-state index in [1.807, 2.05) is 38.2 Å². The van der Waals surface area contributed by atoms with E-state index in [1.165, 1.54) is 0 Å². The Hall–Kier alpha value is -2.48. The smallest absolute Gasteiger partial charge is 0.139 e. The van der Waals surface area contributed by atoms with Crippen molar-refractivity contribution in [1.29, 1.82) is 0 Å². The molecule has 0 atom stereocenters. The minimum atomic E-state index is 0.0851. The van der Waals surface area contributed by atoms with Crippen LogP contribution in [-0.4, -0.2) is 10.8 Å². The Kier molecular flexibility index (Phi) is 4.01. The van der Waals surface area contributed by atoms with Crippen LogP contribution in [0.5, 0.6) is 0 Å². The van der Waals surface area contributed by atoms with E-state index >= 15 is 0 Å². The third kappa shape index (κ3) is 2.91. The maximum absolute atomic E-state index is 11.8. The van der Waals surface area contributed by atoms with Crippen LogP contribution in [0.25, 0.3) is 22.0 Å². The molecule has 3 rings (SSSR count). The van der Waals surface area contributed by atoms with E-state index in [1.54, 1.807) is 0 Å². The van der Waals surface area contributed by atoms with Crippen LogP contribution in [0.15, 0.2) is 60.8 Å². The van der Waals surface area contributed by atoms with E-state index in [-0.39, 0.29) is 11.7 Å². The summed E-state index contributed by atoms with van der Waals surface area (Å²) in [5, 5.41) is 1.14. The molecule has 0 N–H and O–H groups in total. The highest BCUT2D eigenvalue weighted by atomic mass is 16.1. The second-order valence-corrected chi connectivity index (χ2v) is 5.88. The first-order chi connectivity index (χ1) is 10.6. The van der Waals surface area contributed by atoms with Crippen LogP contribution in [0.1, 0.15) is 19.4 Å². The van der Waals surface area contributed by atoms with Gasteiger partial charge in [0.1, 0.15) is 5.78 Å². The number of hydrogen-bond donors (Lipinski definition) is 0. The summed E-state index contributed by atoms with van der Waals surface area (Å²) in [4.78, 5) is 16.3. The summed E-state index contributed by atoms with van der Waals surface area (Å²) >= 11 is 0. The average molecular weight is 289 g/mol. The Morgan fingerprint density at radius 1 is 1.00 bits per heavy atom. The highest BCUT2D eigenvalue weighted by Gasteiger charge is 2.09. The molecule has 2 aromatic carbocycles. The first kappa shape index (κ1) is 14.5. The van der Waals surface area contributed by atoms with Crippen LogP contribution in [-0.2, 0) is 11.2 Å². The first-order valence-electron chi connectivity index (χ1n) is 7.61. The molecular formula is C20H19NO. The van der Waals surface area contributed by atoms with E-state index < -0.39 is 0 Å². The van der Waals surface area contributed by atoms with Crippen molar-refractivity contribution in [3.8, 4) is 11.1 Å². The zero-order valence-electron chi connectivity index (χ0n) is 12.9. The van der Waals surface area contributed by atoms with Gasteiger partial charge in [0.15, 0.2) is 0 Å². The highest BCUT2D eigenvalue weighted by molar-refractivity contribution is 5.93. The number of Topliss-reactive ketones (excluding diaryl/α,β-unsaturated/α-hetero) is 1. The molecule has 0 radical (unpaired) electrons. The third-order valence-corrected chi connectivity index (χ3v) is 3.92. The SMILES string of the molecule is CC(C)C(=O)Cc1ccc(-c2cccc3cccnc23)cc1. The van der Waals surface area contributed by atoms with Gasteiger partial charge in [-0.25, -0.2) is 0 Å². The average Bonchev–Trinajstić information content (AvgIpc) is 2.55. The molecule has 2 heteroatoms. The molecule has 22 heavy (non-hydrogen) atoms. The number of nitrogens with zero attached hydrogens (tertiary/aromatic N) is 1. The third-order valence-electron chi connectivity index (χ3n) is 3.92. The molecule has 0 saturated heterocycles. The van der Waals surface area contributed by atoms with E-state index in [4.69, 9.17) is 0 Å². The van der Waals surface area contributed by atoms with Gasteiger partial charge in [0.05, 0.1) is 5.52 Å². The van der Waals surface area contributed by atoms with Crippen LogP contribution in [0.2, 0.25) is 0 Å². The molecule has 0 saturated carbocycles. The van der Waals surface area contributed by atoms with Gasteiger partial charge in [-0.15, -0.1) is 0 Å². The van der Waals surface area contributed by atoms with Crippen LogP contribution >= 0.6 is 0 Å². The molecule has 110 valence electrons. The van der Waals surface area contributed by atoms with Crippen LogP contribution in [0.4, 0.5) is 0 Å². The van der Waals surface area contributed by atoms with Gasteiger partial charge < -0.3 is 0 Å². The summed E-state index contributed by atoms with van der Waals surface area (Å²) in [5.41, 5.74) is 4.33. The highest BCUT2D eigenvalue weighted by Crippen LogP contribution is 2.27. The van der Waals surface area contributed by atoms with Gasteiger partial charge in [0.25, 0.3) is 0 Å². The summed E-state index contributed by atoms with van der Waals surface area (Å²) in [7, 11) is 0. The Morgan fingerprint density at radius 2 is 1.73 bits per heavy atom. The lowest BCUT2D eigenvalue weighted by atomic mass is 9.97. The molecule has 0 aliphatic carbocycles. The van der Waals surface area contributed by atoms with Gasteiger partial charge in [-0.1, -0.05) is 62.4 Å².